The highest BCUT2D eigenvalue weighted by molar-refractivity contribution is 7.92. The van der Waals surface area contributed by atoms with Gasteiger partial charge in [0.25, 0.3) is 10.0 Å². The third-order valence-electron chi connectivity index (χ3n) is 7.54. The molecule has 0 heterocycles. The van der Waals surface area contributed by atoms with Crippen LogP contribution < -0.4 is 9.62 Å². The van der Waals surface area contributed by atoms with Crippen molar-refractivity contribution in [2.24, 2.45) is 0 Å². The number of nitrogens with zero attached hydrogens (tertiary/aromatic N) is 2. The van der Waals surface area contributed by atoms with E-state index in [1.807, 2.05) is 84.0 Å². The Morgan fingerprint density at radius 1 is 0.804 bits per heavy atom. The predicted octanol–water partition coefficient (Wildman–Crippen LogP) is 7.02. The molecule has 0 spiro atoms. The van der Waals surface area contributed by atoms with Crippen molar-refractivity contribution in [3.63, 3.8) is 0 Å². The first-order valence-corrected chi connectivity index (χ1v) is 17.0. The summed E-state index contributed by atoms with van der Waals surface area (Å²) in [7, 11) is -4.18. The van der Waals surface area contributed by atoms with Crippen LogP contribution in [0, 0.1) is 20.8 Å². The molecule has 0 bridgehead atoms. The molecule has 1 N–H and O–H groups in total. The Balaban J connectivity index is 1.84. The number of halogens is 1. The van der Waals surface area contributed by atoms with Crippen molar-refractivity contribution >= 4 is 39.1 Å². The second-order valence-electron chi connectivity index (χ2n) is 12.7. The summed E-state index contributed by atoms with van der Waals surface area (Å²) in [5.74, 6) is -0.853. The van der Waals surface area contributed by atoms with Crippen LogP contribution in [0.15, 0.2) is 102 Å². The molecule has 4 aromatic carbocycles. The monoisotopic (exact) mass is 659 g/mol. The molecule has 242 valence electrons. The maximum Gasteiger partial charge on any atom is 0.264 e. The van der Waals surface area contributed by atoms with Crippen molar-refractivity contribution in [1.82, 2.24) is 10.2 Å². The Morgan fingerprint density at radius 2 is 1.41 bits per heavy atom. The average Bonchev–Trinajstić information content (AvgIpc) is 2.98. The minimum Gasteiger partial charge on any atom is -0.350 e. The highest BCUT2D eigenvalue weighted by Gasteiger charge is 2.36. The van der Waals surface area contributed by atoms with E-state index in [0.717, 1.165) is 26.6 Å². The van der Waals surface area contributed by atoms with Crippen LogP contribution in [0.3, 0.4) is 0 Å². The van der Waals surface area contributed by atoms with E-state index >= 15 is 0 Å². The predicted molar refractivity (Wildman–Crippen MR) is 185 cm³/mol. The van der Waals surface area contributed by atoms with Crippen LogP contribution in [0.1, 0.15) is 48.6 Å². The number of rotatable bonds is 11. The smallest absolute Gasteiger partial charge is 0.264 e. The lowest BCUT2D eigenvalue weighted by Crippen LogP contribution is -2.56. The van der Waals surface area contributed by atoms with Gasteiger partial charge in [0.15, 0.2) is 0 Å². The van der Waals surface area contributed by atoms with E-state index in [0.29, 0.717) is 16.3 Å². The number of amides is 2. The molecule has 0 unspecified atom stereocenters. The second-order valence-corrected chi connectivity index (χ2v) is 15.0. The van der Waals surface area contributed by atoms with Gasteiger partial charge in [0.1, 0.15) is 12.6 Å². The van der Waals surface area contributed by atoms with E-state index in [9.17, 15) is 18.0 Å². The topological polar surface area (TPSA) is 86.8 Å². The first kappa shape index (κ1) is 34.7. The lowest BCUT2D eigenvalue weighted by Gasteiger charge is -2.35. The minimum atomic E-state index is -4.18. The summed E-state index contributed by atoms with van der Waals surface area (Å²) in [5.41, 5.74) is 4.02. The number of anilines is 1. The van der Waals surface area contributed by atoms with Crippen molar-refractivity contribution in [3.05, 3.63) is 130 Å². The van der Waals surface area contributed by atoms with Crippen LogP contribution >= 0.6 is 11.6 Å². The molecule has 0 aromatic heterocycles. The Hall–Kier alpha value is -4.14. The maximum atomic E-state index is 14.6. The molecule has 0 saturated heterocycles. The molecule has 0 radical (unpaired) electrons. The summed E-state index contributed by atoms with van der Waals surface area (Å²) >= 11 is 6.17. The molecule has 0 aliphatic carbocycles. The Kier molecular flexibility index (Phi) is 11.0. The van der Waals surface area contributed by atoms with Gasteiger partial charge < -0.3 is 10.2 Å². The number of hydrogen-bond donors (Lipinski definition) is 1. The van der Waals surface area contributed by atoms with Gasteiger partial charge in [-0.2, -0.15) is 0 Å². The van der Waals surface area contributed by atoms with Gasteiger partial charge in [-0.15, -0.1) is 0 Å². The number of sulfonamides is 1. The van der Waals surface area contributed by atoms with Crippen molar-refractivity contribution in [3.8, 4) is 0 Å². The summed E-state index contributed by atoms with van der Waals surface area (Å²) < 4.78 is 29.7. The number of benzene rings is 4. The SMILES string of the molecule is Cc1ccc(S(=O)(=O)N(CC(=O)N(Cc2ccc(Cl)cc2)[C@H](Cc2ccccc2)C(=O)NC(C)(C)C)c2ccc(C)cc2C)cc1. The van der Waals surface area contributed by atoms with Gasteiger partial charge in [-0.1, -0.05) is 89.5 Å². The second kappa shape index (κ2) is 14.5. The van der Waals surface area contributed by atoms with Crippen LogP contribution in [0.5, 0.6) is 0 Å². The van der Waals surface area contributed by atoms with Gasteiger partial charge in [0.05, 0.1) is 10.6 Å². The van der Waals surface area contributed by atoms with Gasteiger partial charge in [-0.05, 0) is 88.6 Å². The zero-order valence-electron chi connectivity index (χ0n) is 27.2. The Bertz CT molecular complexity index is 1770. The first-order valence-electron chi connectivity index (χ1n) is 15.2. The summed E-state index contributed by atoms with van der Waals surface area (Å²) in [6, 6.07) is 27.6. The lowest BCUT2D eigenvalue weighted by atomic mass is 10.0. The molecule has 0 aliphatic rings. The largest absolute Gasteiger partial charge is 0.350 e. The first-order chi connectivity index (χ1) is 21.6. The summed E-state index contributed by atoms with van der Waals surface area (Å²) in [4.78, 5) is 30.2. The number of carbonyl (C=O) groups excluding carboxylic acids is 2. The summed E-state index contributed by atoms with van der Waals surface area (Å²) in [6.45, 7) is 10.8. The standard InChI is InChI=1S/C37H42ClN3O4S/c1-26-12-19-32(20-13-26)46(44,45)41(33-21-14-27(2)22-28(33)3)25-35(42)40(24-30-15-17-31(38)18-16-30)34(36(43)39-37(4,5)6)23-29-10-8-7-9-11-29/h7-22,34H,23-25H2,1-6H3,(H,39,43)/t34-/m1/s1. The number of hydrogen-bond acceptors (Lipinski definition) is 4. The van der Waals surface area contributed by atoms with Crippen LogP contribution in [0.25, 0.3) is 0 Å². The molecule has 46 heavy (non-hydrogen) atoms. The summed E-state index contributed by atoms with van der Waals surface area (Å²) in [6.07, 6.45) is 0.232. The van der Waals surface area contributed by atoms with E-state index < -0.39 is 34.1 Å². The molecule has 0 fully saturated rings. The lowest BCUT2D eigenvalue weighted by molar-refractivity contribution is -0.140. The molecule has 0 saturated carbocycles. The van der Waals surface area contributed by atoms with Gasteiger partial charge in [0, 0.05) is 23.5 Å². The van der Waals surface area contributed by atoms with E-state index in [1.165, 1.54) is 4.90 Å². The third kappa shape index (κ3) is 8.98. The van der Waals surface area contributed by atoms with Gasteiger partial charge >= 0.3 is 0 Å². The van der Waals surface area contributed by atoms with E-state index in [2.05, 4.69) is 5.32 Å². The van der Waals surface area contributed by atoms with E-state index in [4.69, 9.17) is 11.6 Å². The molecular weight excluding hydrogens is 618 g/mol. The highest BCUT2D eigenvalue weighted by atomic mass is 35.5. The normalized spacial score (nSPS) is 12.3. The minimum absolute atomic E-state index is 0.0658. The third-order valence-corrected chi connectivity index (χ3v) is 9.57. The number of carbonyl (C=O) groups is 2. The molecule has 0 aliphatic heterocycles. The molecule has 1 atom stereocenters. The Labute approximate surface area is 278 Å². The maximum absolute atomic E-state index is 14.6. The zero-order valence-corrected chi connectivity index (χ0v) is 28.8. The fourth-order valence-electron chi connectivity index (χ4n) is 5.23. The van der Waals surface area contributed by atoms with Crippen LogP contribution in [-0.4, -0.2) is 43.3 Å². The van der Waals surface area contributed by atoms with Crippen molar-refractivity contribution in [2.45, 2.75) is 71.0 Å². The van der Waals surface area contributed by atoms with E-state index in [1.54, 1.807) is 54.6 Å². The molecular formula is C37H42ClN3O4S. The van der Waals surface area contributed by atoms with E-state index in [-0.39, 0.29) is 23.8 Å². The van der Waals surface area contributed by atoms with Crippen molar-refractivity contribution in [1.29, 1.82) is 0 Å². The zero-order chi connectivity index (χ0) is 33.6. The Morgan fingerprint density at radius 3 is 2.00 bits per heavy atom. The molecule has 4 rings (SSSR count). The molecule has 2 amide bonds. The van der Waals surface area contributed by atoms with Gasteiger partial charge in [-0.25, -0.2) is 8.42 Å². The number of aryl methyl sites for hydroxylation is 3. The molecule has 7 nitrogen and oxygen atoms in total. The van der Waals surface area contributed by atoms with Crippen molar-refractivity contribution in [2.75, 3.05) is 10.8 Å². The molecule has 9 heteroatoms. The number of nitrogens with one attached hydrogen (secondary N) is 1. The fourth-order valence-corrected chi connectivity index (χ4v) is 6.83. The average molecular weight is 660 g/mol. The van der Waals surface area contributed by atoms with Crippen LogP contribution in [0.4, 0.5) is 5.69 Å². The van der Waals surface area contributed by atoms with Crippen molar-refractivity contribution < 1.29 is 18.0 Å². The van der Waals surface area contributed by atoms with Crippen LogP contribution in [-0.2, 0) is 32.6 Å². The summed E-state index contributed by atoms with van der Waals surface area (Å²) in [5, 5.41) is 3.59. The van der Waals surface area contributed by atoms with Crippen LogP contribution in [0.2, 0.25) is 5.02 Å². The van der Waals surface area contributed by atoms with Gasteiger partial charge in [-0.3, -0.25) is 13.9 Å². The fraction of sp³-hybridized carbons (Fsp3) is 0.297. The van der Waals surface area contributed by atoms with Gasteiger partial charge in [0.2, 0.25) is 11.8 Å². The molecule has 4 aromatic rings. The quantitative estimate of drug-likeness (QED) is 0.188. The highest BCUT2D eigenvalue weighted by Crippen LogP contribution is 2.29.